The fraction of sp³-hybridized carbons (Fsp3) is 0.111. The van der Waals surface area contributed by atoms with E-state index in [4.69, 9.17) is 16.3 Å². The molecule has 0 aliphatic heterocycles. The van der Waals surface area contributed by atoms with Crippen molar-refractivity contribution in [2.75, 3.05) is 0 Å². The molecule has 0 amide bonds. The van der Waals surface area contributed by atoms with Gasteiger partial charge in [-0.15, -0.1) is 0 Å². The van der Waals surface area contributed by atoms with Crippen molar-refractivity contribution in [3.63, 3.8) is 0 Å². The molecule has 0 bridgehead atoms. The Morgan fingerprint density at radius 3 is 1.60 bits per heavy atom. The van der Waals surface area contributed by atoms with Gasteiger partial charge >= 0.3 is 0 Å². The van der Waals surface area contributed by atoms with Crippen LogP contribution in [0, 0.1) is 21.3 Å². The summed E-state index contributed by atoms with van der Waals surface area (Å²) in [6.07, 6.45) is 0. The van der Waals surface area contributed by atoms with Gasteiger partial charge in [0, 0.05) is 6.54 Å². The largest absolute Gasteiger partial charge is 0.344 e. The molecular formula is C9H14N4S2. The topological polar surface area (TPSA) is 109 Å². The molecule has 0 aliphatic rings. The van der Waals surface area contributed by atoms with Gasteiger partial charge < -0.3 is 11.9 Å². The Morgan fingerprint density at radius 2 is 1.40 bits per heavy atom. The van der Waals surface area contributed by atoms with E-state index < -0.39 is 0 Å². The van der Waals surface area contributed by atoms with Crippen LogP contribution < -0.4 is 11.9 Å². The zero-order valence-electron chi connectivity index (χ0n) is 8.17. The van der Waals surface area contributed by atoms with Crippen LogP contribution in [0.2, 0.25) is 0 Å². The molecule has 6 heteroatoms. The number of hydrogen-bond acceptors (Lipinski definition) is 6. The summed E-state index contributed by atoms with van der Waals surface area (Å²) in [6, 6.07) is 9.99. The highest BCUT2D eigenvalue weighted by atomic mass is 32.1. The molecule has 0 aliphatic carbocycles. The second-order valence-electron chi connectivity index (χ2n) is 1.89. The third-order valence-electron chi connectivity index (χ3n) is 1.08. The summed E-state index contributed by atoms with van der Waals surface area (Å²) in [7, 11) is 0. The highest BCUT2D eigenvalue weighted by Gasteiger charge is 1.80. The molecule has 0 saturated carbocycles. The van der Waals surface area contributed by atoms with Gasteiger partial charge in [0.2, 0.25) is 0 Å². The molecule has 0 saturated heterocycles. The molecule has 1 rings (SSSR count). The van der Waals surface area contributed by atoms with E-state index in [1.165, 1.54) is 16.4 Å². The molecule has 0 spiro atoms. The van der Waals surface area contributed by atoms with Crippen molar-refractivity contribution in [3.8, 4) is 10.8 Å². The van der Waals surface area contributed by atoms with Crippen molar-refractivity contribution in [3.05, 3.63) is 35.9 Å². The Hall–Kier alpha value is -1.18. The van der Waals surface area contributed by atoms with Crippen molar-refractivity contribution >= 4 is 25.3 Å². The van der Waals surface area contributed by atoms with Crippen LogP contribution in [-0.4, -0.2) is 0 Å². The Bertz CT molecular complexity index is 277. The lowest BCUT2D eigenvalue weighted by molar-refractivity contribution is 1.07. The summed E-state index contributed by atoms with van der Waals surface area (Å²) in [5, 5.41) is 17.3. The number of thiol groups is 2. The fourth-order valence-electron chi connectivity index (χ4n) is 0.614. The molecule has 0 radical (unpaired) electrons. The van der Waals surface area contributed by atoms with Gasteiger partial charge in [-0.05, 0) is 5.56 Å². The number of benzene rings is 1. The number of nitriles is 2. The lowest BCUT2D eigenvalue weighted by Gasteiger charge is -1.90. The quantitative estimate of drug-likeness (QED) is 0.446. The molecule has 15 heavy (non-hydrogen) atoms. The van der Waals surface area contributed by atoms with Crippen molar-refractivity contribution in [2.45, 2.75) is 6.54 Å². The highest BCUT2D eigenvalue weighted by Crippen LogP contribution is 1.94. The molecule has 4 nitrogen and oxygen atoms in total. The van der Waals surface area contributed by atoms with Gasteiger partial charge in [-0.2, -0.15) is 10.5 Å². The number of nitrogens with zero attached hydrogens (tertiary/aromatic N) is 2. The summed E-state index contributed by atoms with van der Waals surface area (Å²) in [5.74, 6) is 0. The van der Waals surface area contributed by atoms with E-state index >= 15 is 0 Å². The van der Waals surface area contributed by atoms with Crippen LogP contribution in [0.15, 0.2) is 30.3 Å². The first-order chi connectivity index (χ1) is 6.76. The smallest absolute Gasteiger partial charge is 0.130 e. The number of thiocyanates is 2. The number of hydrogen-bond donors (Lipinski definition) is 4. The SMILES string of the molecule is N.N#CS.N#CS.NCc1ccccc1. The van der Waals surface area contributed by atoms with Crippen LogP contribution in [0.25, 0.3) is 0 Å². The third-order valence-corrected chi connectivity index (χ3v) is 1.08. The van der Waals surface area contributed by atoms with Crippen LogP contribution in [0.3, 0.4) is 0 Å². The average Bonchev–Trinajstić information content (AvgIpc) is 2.21. The molecule has 0 fully saturated rings. The molecule has 5 N–H and O–H groups in total. The fourth-order valence-corrected chi connectivity index (χ4v) is 0.614. The maximum absolute atomic E-state index is 7.18. The van der Waals surface area contributed by atoms with Crippen molar-refractivity contribution in [1.82, 2.24) is 6.15 Å². The van der Waals surface area contributed by atoms with Gasteiger partial charge in [-0.25, -0.2) is 0 Å². The zero-order valence-corrected chi connectivity index (χ0v) is 9.96. The van der Waals surface area contributed by atoms with E-state index in [0.717, 1.165) is 0 Å². The maximum atomic E-state index is 7.18. The van der Waals surface area contributed by atoms with E-state index in [1.807, 2.05) is 30.3 Å². The maximum Gasteiger partial charge on any atom is 0.130 e. The molecule has 82 valence electrons. The van der Waals surface area contributed by atoms with Gasteiger partial charge in [-0.1, -0.05) is 55.6 Å². The summed E-state index contributed by atoms with van der Waals surface area (Å²) in [5.41, 5.74) is 6.54. The zero-order chi connectivity index (χ0) is 11.2. The Morgan fingerprint density at radius 1 is 1.07 bits per heavy atom. The van der Waals surface area contributed by atoms with Crippen LogP contribution in [-0.2, 0) is 6.54 Å². The third kappa shape index (κ3) is 19.3. The summed E-state index contributed by atoms with van der Waals surface area (Å²) in [4.78, 5) is 0. The molecule has 1 aromatic carbocycles. The van der Waals surface area contributed by atoms with Crippen molar-refractivity contribution in [1.29, 1.82) is 10.5 Å². The van der Waals surface area contributed by atoms with Crippen LogP contribution in [0.4, 0.5) is 0 Å². The van der Waals surface area contributed by atoms with E-state index in [-0.39, 0.29) is 6.15 Å². The molecule has 1 aromatic rings. The first kappa shape index (κ1) is 19.4. The predicted octanol–water partition coefficient (Wildman–Crippen LogP) is 2.10. The van der Waals surface area contributed by atoms with Crippen molar-refractivity contribution < 1.29 is 0 Å². The van der Waals surface area contributed by atoms with E-state index in [1.54, 1.807) is 0 Å². The Kier molecular flexibility index (Phi) is 24.0. The summed E-state index contributed by atoms with van der Waals surface area (Å²) >= 11 is 6.19. The Balaban J connectivity index is -0.000000177. The van der Waals surface area contributed by atoms with Crippen molar-refractivity contribution in [2.24, 2.45) is 5.73 Å². The van der Waals surface area contributed by atoms with Crippen LogP contribution >= 0.6 is 25.3 Å². The highest BCUT2D eigenvalue weighted by molar-refractivity contribution is 7.85. The predicted molar refractivity (Wildman–Crippen MR) is 68.6 cm³/mol. The molecule has 0 aromatic heterocycles. The molecule has 0 atom stereocenters. The minimum atomic E-state index is 0. The normalized spacial score (nSPS) is 5.93. The monoisotopic (exact) mass is 242 g/mol. The lowest BCUT2D eigenvalue weighted by atomic mass is 10.2. The van der Waals surface area contributed by atoms with Gasteiger partial charge in [0.15, 0.2) is 0 Å². The first-order valence-electron chi connectivity index (χ1n) is 3.57. The van der Waals surface area contributed by atoms with E-state index in [2.05, 4.69) is 25.3 Å². The van der Waals surface area contributed by atoms with Gasteiger partial charge in [0.25, 0.3) is 0 Å². The van der Waals surface area contributed by atoms with E-state index in [0.29, 0.717) is 6.54 Å². The lowest BCUT2D eigenvalue weighted by Crippen LogP contribution is -1.94. The second-order valence-corrected chi connectivity index (χ2v) is 2.29. The van der Waals surface area contributed by atoms with Crippen LogP contribution in [0.5, 0.6) is 0 Å². The molecule has 0 heterocycles. The van der Waals surface area contributed by atoms with Crippen LogP contribution in [0.1, 0.15) is 5.56 Å². The number of nitrogens with two attached hydrogens (primary N) is 1. The minimum Gasteiger partial charge on any atom is -0.344 e. The molecule has 0 unspecified atom stereocenters. The number of rotatable bonds is 1. The summed E-state index contributed by atoms with van der Waals surface area (Å²) in [6.45, 7) is 0.640. The standard InChI is InChI=1S/C7H9N.2CHNS.H3N/c8-6-7-4-2-1-3-5-7;2*2-1-3;/h1-5H,6,8H2;2*3H;1H3. The Labute approximate surface area is 101 Å². The van der Waals surface area contributed by atoms with Gasteiger partial charge in [-0.3, -0.25) is 0 Å². The summed E-state index contributed by atoms with van der Waals surface area (Å²) < 4.78 is 0. The first-order valence-corrected chi connectivity index (χ1v) is 4.46. The second kappa shape index (κ2) is 18.6. The minimum absolute atomic E-state index is 0. The molecular weight excluding hydrogens is 228 g/mol. The van der Waals surface area contributed by atoms with Gasteiger partial charge in [0.05, 0.1) is 0 Å². The average molecular weight is 242 g/mol. The van der Waals surface area contributed by atoms with Gasteiger partial charge in [0.1, 0.15) is 10.8 Å². The van der Waals surface area contributed by atoms with E-state index in [9.17, 15) is 0 Å².